The van der Waals surface area contributed by atoms with Crippen LogP contribution < -0.4 is 5.32 Å². The van der Waals surface area contributed by atoms with Crippen LogP contribution in [0, 0.1) is 6.92 Å². The van der Waals surface area contributed by atoms with Gasteiger partial charge in [0.25, 0.3) is 0 Å². The maximum atomic E-state index is 4.59. The zero-order valence-electron chi connectivity index (χ0n) is 10.3. The zero-order chi connectivity index (χ0) is 11.4. The maximum Gasteiger partial charge on any atom is 0.133 e. The molecular weight excluding hydrogens is 198 g/mol. The van der Waals surface area contributed by atoms with E-state index in [0.29, 0.717) is 0 Å². The molecule has 1 N–H and O–H groups in total. The molecule has 1 aliphatic carbocycles. The minimum absolute atomic E-state index is 0.902. The van der Waals surface area contributed by atoms with Crippen LogP contribution >= 0.6 is 0 Å². The second-order valence-corrected chi connectivity index (χ2v) is 4.53. The molecule has 0 spiro atoms. The van der Waals surface area contributed by atoms with E-state index in [-0.39, 0.29) is 0 Å². The first-order valence-electron chi connectivity index (χ1n) is 6.41. The standard InChI is InChI=1S/C13H21N3/c1-3-9-14-13-11-7-5-4-6-8-12(11)15-10(2)16-13/h3-9H2,1-2H3,(H,14,15,16). The Morgan fingerprint density at radius 1 is 1.12 bits per heavy atom. The monoisotopic (exact) mass is 219 g/mol. The highest BCUT2D eigenvalue weighted by Gasteiger charge is 2.15. The van der Waals surface area contributed by atoms with Gasteiger partial charge in [0.15, 0.2) is 0 Å². The number of fused-ring (bicyclic) bond motifs is 1. The van der Waals surface area contributed by atoms with Gasteiger partial charge in [0.1, 0.15) is 11.6 Å². The van der Waals surface area contributed by atoms with E-state index in [0.717, 1.165) is 37.4 Å². The third kappa shape index (κ3) is 2.52. The molecule has 3 heteroatoms. The van der Waals surface area contributed by atoms with E-state index in [2.05, 4.69) is 22.2 Å². The van der Waals surface area contributed by atoms with Gasteiger partial charge in [0.2, 0.25) is 0 Å². The molecular formula is C13H21N3. The lowest BCUT2D eigenvalue weighted by Gasteiger charge is -2.13. The molecule has 16 heavy (non-hydrogen) atoms. The number of hydrogen-bond donors (Lipinski definition) is 1. The van der Waals surface area contributed by atoms with Crippen LogP contribution in [0.1, 0.15) is 49.7 Å². The van der Waals surface area contributed by atoms with Crippen LogP contribution in [0.3, 0.4) is 0 Å². The number of aryl methyl sites for hydroxylation is 2. The maximum absolute atomic E-state index is 4.59. The highest BCUT2D eigenvalue weighted by atomic mass is 15.0. The Kier molecular flexibility index (Phi) is 3.75. The van der Waals surface area contributed by atoms with Crippen molar-refractivity contribution in [2.45, 2.75) is 52.4 Å². The highest BCUT2D eigenvalue weighted by Crippen LogP contribution is 2.24. The molecule has 88 valence electrons. The number of nitrogens with one attached hydrogen (secondary N) is 1. The smallest absolute Gasteiger partial charge is 0.133 e. The second-order valence-electron chi connectivity index (χ2n) is 4.53. The van der Waals surface area contributed by atoms with E-state index in [1.165, 1.54) is 30.5 Å². The Balaban J connectivity index is 2.31. The lowest BCUT2D eigenvalue weighted by molar-refractivity contribution is 0.708. The minimum atomic E-state index is 0.902. The molecule has 0 saturated heterocycles. The van der Waals surface area contributed by atoms with Gasteiger partial charge in [-0.25, -0.2) is 9.97 Å². The molecule has 0 atom stereocenters. The molecule has 2 rings (SSSR count). The summed E-state index contributed by atoms with van der Waals surface area (Å²) in [5, 5.41) is 3.44. The molecule has 0 aromatic carbocycles. The average Bonchev–Trinajstić information content (AvgIpc) is 2.50. The van der Waals surface area contributed by atoms with E-state index in [1.54, 1.807) is 0 Å². The summed E-state index contributed by atoms with van der Waals surface area (Å²) in [6.45, 7) is 5.17. The van der Waals surface area contributed by atoms with Crippen LogP contribution in [0.2, 0.25) is 0 Å². The first kappa shape index (κ1) is 11.4. The molecule has 1 aromatic heterocycles. The Morgan fingerprint density at radius 3 is 2.75 bits per heavy atom. The van der Waals surface area contributed by atoms with Gasteiger partial charge in [-0.05, 0) is 39.0 Å². The van der Waals surface area contributed by atoms with Crippen LogP contribution in [-0.4, -0.2) is 16.5 Å². The first-order chi connectivity index (χ1) is 7.81. The number of aromatic nitrogens is 2. The molecule has 1 aliphatic rings. The van der Waals surface area contributed by atoms with Crippen molar-refractivity contribution in [1.29, 1.82) is 0 Å². The van der Waals surface area contributed by atoms with Crippen LogP contribution in [0.5, 0.6) is 0 Å². The van der Waals surface area contributed by atoms with Gasteiger partial charge in [0.05, 0.1) is 0 Å². The summed E-state index contributed by atoms with van der Waals surface area (Å²) in [6, 6.07) is 0. The van der Waals surface area contributed by atoms with Gasteiger partial charge in [-0.3, -0.25) is 0 Å². The van der Waals surface area contributed by atoms with E-state index >= 15 is 0 Å². The van der Waals surface area contributed by atoms with Crippen molar-refractivity contribution >= 4 is 5.82 Å². The van der Waals surface area contributed by atoms with E-state index in [9.17, 15) is 0 Å². The summed E-state index contributed by atoms with van der Waals surface area (Å²) in [7, 11) is 0. The van der Waals surface area contributed by atoms with Crippen molar-refractivity contribution in [2.24, 2.45) is 0 Å². The number of rotatable bonds is 3. The Bertz CT molecular complexity index is 360. The van der Waals surface area contributed by atoms with Gasteiger partial charge in [-0.15, -0.1) is 0 Å². The largest absolute Gasteiger partial charge is 0.370 e. The van der Waals surface area contributed by atoms with Gasteiger partial charge < -0.3 is 5.32 Å². The Morgan fingerprint density at radius 2 is 1.94 bits per heavy atom. The Hall–Kier alpha value is -1.12. The molecule has 0 bridgehead atoms. The van der Waals surface area contributed by atoms with Crippen LogP contribution in [-0.2, 0) is 12.8 Å². The van der Waals surface area contributed by atoms with E-state index in [4.69, 9.17) is 0 Å². The van der Waals surface area contributed by atoms with Crippen molar-refractivity contribution in [3.8, 4) is 0 Å². The summed E-state index contributed by atoms with van der Waals surface area (Å²) in [5.41, 5.74) is 2.65. The zero-order valence-corrected chi connectivity index (χ0v) is 10.3. The normalized spacial score (nSPS) is 15.4. The fourth-order valence-corrected chi connectivity index (χ4v) is 2.28. The van der Waals surface area contributed by atoms with E-state index < -0.39 is 0 Å². The molecule has 0 amide bonds. The van der Waals surface area contributed by atoms with Crippen molar-refractivity contribution in [2.75, 3.05) is 11.9 Å². The van der Waals surface area contributed by atoms with Crippen molar-refractivity contribution in [3.05, 3.63) is 17.1 Å². The van der Waals surface area contributed by atoms with Crippen molar-refractivity contribution in [1.82, 2.24) is 9.97 Å². The lowest BCUT2D eigenvalue weighted by atomic mass is 10.1. The number of anilines is 1. The molecule has 1 aromatic rings. The van der Waals surface area contributed by atoms with Crippen LogP contribution in [0.25, 0.3) is 0 Å². The van der Waals surface area contributed by atoms with Gasteiger partial charge in [0, 0.05) is 17.8 Å². The molecule has 0 radical (unpaired) electrons. The summed E-state index contributed by atoms with van der Waals surface area (Å²) in [4.78, 5) is 9.13. The molecule has 0 saturated carbocycles. The molecule has 0 unspecified atom stereocenters. The molecule has 1 heterocycles. The minimum Gasteiger partial charge on any atom is -0.370 e. The molecule has 0 aliphatic heterocycles. The van der Waals surface area contributed by atoms with Crippen LogP contribution in [0.4, 0.5) is 5.82 Å². The summed E-state index contributed by atoms with van der Waals surface area (Å²) < 4.78 is 0. The SMILES string of the molecule is CCCNc1nc(C)nc2c1CCCCC2. The number of hydrogen-bond acceptors (Lipinski definition) is 3. The number of nitrogens with zero attached hydrogens (tertiary/aromatic N) is 2. The fraction of sp³-hybridized carbons (Fsp3) is 0.692. The summed E-state index contributed by atoms with van der Waals surface area (Å²) in [6.07, 6.45) is 7.28. The van der Waals surface area contributed by atoms with Crippen molar-refractivity contribution < 1.29 is 0 Å². The fourth-order valence-electron chi connectivity index (χ4n) is 2.28. The predicted octanol–water partition coefficient (Wildman–Crippen LogP) is 2.88. The molecule has 0 fully saturated rings. The summed E-state index contributed by atoms with van der Waals surface area (Å²) >= 11 is 0. The van der Waals surface area contributed by atoms with Gasteiger partial charge in [-0.2, -0.15) is 0 Å². The highest BCUT2D eigenvalue weighted by molar-refractivity contribution is 5.47. The van der Waals surface area contributed by atoms with E-state index in [1.807, 2.05) is 6.92 Å². The quantitative estimate of drug-likeness (QED) is 0.794. The molecule has 3 nitrogen and oxygen atoms in total. The average molecular weight is 219 g/mol. The van der Waals surface area contributed by atoms with Crippen LogP contribution in [0.15, 0.2) is 0 Å². The summed E-state index contributed by atoms with van der Waals surface area (Å²) in [5.74, 6) is 1.99. The first-order valence-corrected chi connectivity index (χ1v) is 6.41. The van der Waals surface area contributed by atoms with Gasteiger partial charge in [-0.1, -0.05) is 13.3 Å². The predicted molar refractivity (Wildman–Crippen MR) is 66.8 cm³/mol. The van der Waals surface area contributed by atoms with Crippen molar-refractivity contribution in [3.63, 3.8) is 0 Å². The Labute approximate surface area is 97.7 Å². The third-order valence-electron chi connectivity index (χ3n) is 3.09. The third-order valence-corrected chi connectivity index (χ3v) is 3.09. The topological polar surface area (TPSA) is 37.8 Å². The lowest BCUT2D eigenvalue weighted by Crippen LogP contribution is -2.10. The van der Waals surface area contributed by atoms with Gasteiger partial charge >= 0.3 is 0 Å². The second kappa shape index (κ2) is 5.28.